The van der Waals surface area contributed by atoms with E-state index in [0.717, 1.165) is 12.8 Å². The summed E-state index contributed by atoms with van der Waals surface area (Å²) in [5, 5.41) is 2.99. The topological polar surface area (TPSA) is 64.6 Å². The van der Waals surface area contributed by atoms with Gasteiger partial charge in [-0.25, -0.2) is 4.79 Å². The zero-order valence-electron chi connectivity index (χ0n) is 14.0. The molecule has 5 heteroatoms. The molecule has 0 aliphatic heterocycles. The summed E-state index contributed by atoms with van der Waals surface area (Å²) >= 11 is 0. The maximum absolute atomic E-state index is 12.1. The number of rotatable bonds is 5. The normalized spacial score (nSPS) is 23.9. The minimum Gasteiger partial charge on any atom is -0.496 e. The van der Waals surface area contributed by atoms with E-state index in [1.807, 2.05) is 0 Å². The fourth-order valence-corrected chi connectivity index (χ4v) is 3.06. The Morgan fingerprint density at radius 1 is 1.22 bits per heavy atom. The lowest BCUT2D eigenvalue weighted by molar-refractivity contribution is -0.125. The van der Waals surface area contributed by atoms with Gasteiger partial charge in [-0.15, -0.1) is 0 Å². The summed E-state index contributed by atoms with van der Waals surface area (Å²) < 4.78 is 10.2. The van der Waals surface area contributed by atoms with Crippen LogP contribution in [0.2, 0.25) is 0 Å². The van der Waals surface area contributed by atoms with Gasteiger partial charge in [0.1, 0.15) is 11.3 Å². The van der Waals surface area contributed by atoms with Crippen molar-refractivity contribution in [3.8, 4) is 5.75 Å². The minimum atomic E-state index is -0.553. The van der Waals surface area contributed by atoms with E-state index in [9.17, 15) is 9.59 Å². The van der Waals surface area contributed by atoms with Gasteiger partial charge < -0.3 is 14.8 Å². The molecule has 23 heavy (non-hydrogen) atoms. The smallest absolute Gasteiger partial charge is 0.342 e. The molecule has 1 aromatic rings. The van der Waals surface area contributed by atoms with E-state index in [0.29, 0.717) is 23.1 Å². The first-order valence-corrected chi connectivity index (χ1v) is 8.12. The summed E-state index contributed by atoms with van der Waals surface area (Å²) in [7, 11) is 1.49. The third-order valence-corrected chi connectivity index (χ3v) is 4.71. The number of para-hydroxylation sites is 1. The quantitative estimate of drug-likeness (QED) is 0.848. The second-order valence-corrected chi connectivity index (χ2v) is 6.22. The Morgan fingerprint density at radius 3 is 2.70 bits per heavy atom. The number of carbonyl (C=O) groups excluding carboxylic acids is 2. The highest BCUT2D eigenvalue weighted by atomic mass is 16.5. The van der Waals surface area contributed by atoms with Crippen molar-refractivity contribution in [3.05, 3.63) is 29.8 Å². The van der Waals surface area contributed by atoms with Crippen LogP contribution in [-0.4, -0.2) is 31.6 Å². The first kappa shape index (κ1) is 17.3. The molecule has 3 unspecified atom stereocenters. The van der Waals surface area contributed by atoms with Gasteiger partial charge in [-0.05, 0) is 30.4 Å². The SMILES string of the molecule is COc1ccccc1C(=O)OCC(=O)NC1CCCC(C)C1C. The number of nitrogens with one attached hydrogen (secondary N) is 1. The van der Waals surface area contributed by atoms with Crippen LogP contribution in [0.3, 0.4) is 0 Å². The predicted octanol–water partition coefficient (Wildman–Crippen LogP) is 2.79. The van der Waals surface area contributed by atoms with Crippen molar-refractivity contribution in [2.75, 3.05) is 13.7 Å². The van der Waals surface area contributed by atoms with Crippen molar-refractivity contribution in [2.24, 2.45) is 11.8 Å². The highest BCUT2D eigenvalue weighted by Crippen LogP contribution is 2.29. The number of esters is 1. The Hall–Kier alpha value is -2.04. The Bertz CT molecular complexity index is 558. The van der Waals surface area contributed by atoms with Gasteiger partial charge in [-0.2, -0.15) is 0 Å². The molecule has 1 N–H and O–H groups in total. The van der Waals surface area contributed by atoms with Crippen molar-refractivity contribution < 1.29 is 19.1 Å². The summed E-state index contributed by atoms with van der Waals surface area (Å²) in [4.78, 5) is 24.1. The monoisotopic (exact) mass is 319 g/mol. The molecule has 0 aromatic heterocycles. The van der Waals surface area contributed by atoms with Crippen molar-refractivity contribution in [1.82, 2.24) is 5.32 Å². The van der Waals surface area contributed by atoms with Crippen LogP contribution in [0.1, 0.15) is 43.5 Å². The molecule has 5 nitrogen and oxygen atoms in total. The number of hydrogen-bond donors (Lipinski definition) is 1. The Balaban J connectivity index is 1.85. The lowest BCUT2D eigenvalue weighted by Crippen LogP contribution is -2.45. The van der Waals surface area contributed by atoms with Crippen LogP contribution < -0.4 is 10.1 Å². The Morgan fingerprint density at radius 2 is 1.96 bits per heavy atom. The average molecular weight is 319 g/mol. The molecule has 0 heterocycles. The van der Waals surface area contributed by atoms with Crippen molar-refractivity contribution >= 4 is 11.9 Å². The van der Waals surface area contributed by atoms with Crippen LogP contribution >= 0.6 is 0 Å². The summed E-state index contributed by atoms with van der Waals surface area (Å²) in [6, 6.07) is 6.96. The van der Waals surface area contributed by atoms with Crippen LogP contribution in [-0.2, 0) is 9.53 Å². The van der Waals surface area contributed by atoms with Crippen LogP contribution in [0, 0.1) is 11.8 Å². The Labute approximate surface area is 137 Å². The van der Waals surface area contributed by atoms with Gasteiger partial charge >= 0.3 is 5.97 Å². The van der Waals surface area contributed by atoms with Crippen molar-refractivity contribution in [3.63, 3.8) is 0 Å². The van der Waals surface area contributed by atoms with E-state index in [4.69, 9.17) is 9.47 Å². The molecule has 0 radical (unpaired) electrons. The van der Waals surface area contributed by atoms with E-state index in [2.05, 4.69) is 19.2 Å². The molecule has 1 aromatic carbocycles. The molecule has 1 saturated carbocycles. The molecular weight excluding hydrogens is 294 g/mol. The highest BCUT2D eigenvalue weighted by Gasteiger charge is 2.28. The minimum absolute atomic E-state index is 0.163. The zero-order chi connectivity index (χ0) is 16.8. The van der Waals surface area contributed by atoms with Gasteiger partial charge in [0.2, 0.25) is 0 Å². The molecule has 3 atom stereocenters. The highest BCUT2D eigenvalue weighted by molar-refractivity contribution is 5.94. The standard InChI is InChI=1S/C18H25NO4/c1-12-7-6-9-15(13(12)2)19-17(20)11-23-18(21)14-8-4-5-10-16(14)22-3/h4-5,8,10,12-13,15H,6-7,9,11H2,1-3H3,(H,19,20). The molecular formula is C18H25NO4. The van der Waals surface area contributed by atoms with E-state index in [1.165, 1.54) is 13.5 Å². The largest absolute Gasteiger partial charge is 0.496 e. The number of methoxy groups -OCH3 is 1. The molecule has 1 fully saturated rings. The maximum atomic E-state index is 12.1. The van der Waals surface area contributed by atoms with E-state index in [-0.39, 0.29) is 18.6 Å². The molecule has 0 spiro atoms. The zero-order valence-corrected chi connectivity index (χ0v) is 14.0. The number of hydrogen-bond acceptors (Lipinski definition) is 4. The average Bonchev–Trinajstić information content (AvgIpc) is 2.56. The fraction of sp³-hybridized carbons (Fsp3) is 0.556. The molecule has 1 amide bonds. The molecule has 0 bridgehead atoms. The second kappa shape index (κ2) is 7.99. The van der Waals surface area contributed by atoms with Gasteiger partial charge in [0.15, 0.2) is 6.61 Å². The van der Waals surface area contributed by atoms with E-state index >= 15 is 0 Å². The van der Waals surface area contributed by atoms with E-state index < -0.39 is 5.97 Å². The van der Waals surface area contributed by atoms with Gasteiger partial charge in [0.05, 0.1) is 7.11 Å². The molecule has 126 valence electrons. The van der Waals surface area contributed by atoms with Gasteiger partial charge in [-0.1, -0.05) is 38.8 Å². The lowest BCUT2D eigenvalue weighted by atomic mass is 9.78. The van der Waals surface area contributed by atoms with E-state index in [1.54, 1.807) is 24.3 Å². The second-order valence-electron chi connectivity index (χ2n) is 6.22. The number of carbonyl (C=O) groups is 2. The number of ether oxygens (including phenoxy) is 2. The first-order valence-electron chi connectivity index (χ1n) is 8.12. The summed E-state index contributed by atoms with van der Waals surface area (Å²) in [6.45, 7) is 4.11. The predicted molar refractivity (Wildman–Crippen MR) is 87.4 cm³/mol. The number of benzene rings is 1. The molecule has 1 aliphatic carbocycles. The van der Waals surface area contributed by atoms with Gasteiger partial charge in [0.25, 0.3) is 5.91 Å². The molecule has 0 saturated heterocycles. The van der Waals surface area contributed by atoms with Crippen molar-refractivity contribution in [1.29, 1.82) is 0 Å². The maximum Gasteiger partial charge on any atom is 0.342 e. The van der Waals surface area contributed by atoms with Gasteiger partial charge in [0, 0.05) is 6.04 Å². The summed E-state index contributed by atoms with van der Waals surface area (Å²) in [5.74, 6) is 0.678. The summed E-state index contributed by atoms with van der Waals surface area (Å²) in [5.41, 5.74) is 0.322. The van der Waals surface area contributed by atoms with Crippen LogP contribution in [0.5, 0.6) is 5.75 Å². The number of amides is 1. The third-order valence-electron chi connectivity index (χ3n) is 4.71. The van der Waals surface area contributed by atoms with Crippen LogP contribution in [0.4, 0.5) is 0 Å². The molecule has 2 rings (SSSR count). The van der Waals surface area contributed by atoms with Crippen molar-refractivity contribution in [2.45, 2.75) is 39.2 Å². The Kier molecular flexibility index (Phi) is 6.02. The molecule has 1 aliphatic rings. The third kappa shape index (κ3) is 4.47. The van der Waals surface area contributed by atoms with Crippen LogP contribution in [0.25, 0.3) is 0 Å². The first-order chi connectivity index (χ1) is 11.0. The fourth-order valence-electron chi connectivity index (χ4n) is 3.06. The lowest BCUT2D eigenvalue weighted by Gasteiger charge is -2.34. The summed E-state index contributed by atoms with van der Waals surface area (Å²) in [6.07, 6.45) is 3.31. The van der Waals surface area contributed by atoms with Gasteiger partial charge in [-0.3, -0.25) is 4.79 Å². The van der Waals surface area contributed by atoms with Crippen LogP contribution in [0.15, 0.2) is 24.3 Å².